The minimum Gasteiger partial charge on any atom is -0.475 e. The molecule has 15 heteroatoms. The van der Waals surface area contributed by atoms with E-state index >= 15 is 0 Å². The minimum absolute atomic E-state index is 0.0925. The van der Waals surface area contributed by atoms with Gasteiger partial charge in [0, 0.05) is 42.6 Å². The van der Waals surface area contributed by atoms with Gasteiger partial charge in [-0.2, -0.15) is 13.2 Å². The number of nitrogens with one attached hydrogen (secondary N) is 2. The van der Waals surface area contributed by atoms with Crippen LogP contribution in [-0.4, -0.2) is 59.7 Å². The molecule has 242 valence electrons. The first-order valence-corrected chi connectivity index (χ1v) is 16.4. The van der Waals surface area contributed by atoms with Gasteiger partial charge in [0.25, 0.3) is 5.91 Å². The number of sulfonamides is 1. The fourth-order valence-corrected chi connectivity index (χ4v) is 7.05. The lowest BCUT2D eigenvalue weighted by Crippen LogP contribution is -2.38. The van der Waals surface area contributed by atoms with E-state index in [4.69, 9.17) is 15.6 Å². The van der Waals surface area contributed by atoms with E-state index < -0.39 is 28.1 Å². The number of carboxylic acid groups (broad SMARTS) is 1. The summed E-state index contributed by atoms with van der Waals surface area (Å²) in [6, 6.07) is 12.6. The molecule has 1 aliphatic heterocycles. The fourth-order valence-electron chi connectivity index (χ4n) is 5.24. The van der Waals surface area contributed by atoms with Gasteiger partial charge in [-0.1, -0.05) is 6.07 Å². The third kappa shape index (κ3) is 8.48. The number of carboxylic acids is 1. The van der Waals surface area contributed by atoms with E-state index in [0.29, 0.717) is 61.2 Å². The lowest BCUT2D eigenvalue weighted by atomic mass is 9.88. The summed E-state index contributed by atoms with van der Waals surface area (Å²) < 4.78 is 72.6. The Morgan fingerprint density at radius 1 is 1.11 bits per heavy atom. The Balaban J connectivity index is 0.000000591. The predicted octanol–water partition coefficient (Wildman–Crippen LogP) is 5.59. The number of nitrogens with zero attached hydrogens (tertiary/aromatic N) is 1. The number of alkyl halides is 3. The van der Waals surface area contributed by atoms with Gasteiger partial charge < -0.3 is 21.1 Å². The van der Waals surface area contributed by atoms with Gasteiger partial charge in [0.2, 0.25) is 10.0 Å². The van der Waals surface area contributed by atoms with Crippen LogP contribution in [0, 0.1) is 5.82 Å². The van der Waals surface area contributed by atoms with Crippen LogP contribution < -0.4 is 11.1 Å². The van der Waals surface area contributed by atoms with E-state index in [1.807, 2.05) is 29.8 Å². The van der Waals surface area contributed by atoms with Crippen molar-refractivity contribution in [1.29, 1.82) is 0 Å². The standard InChI is InChI=1S/C28H31FN4O3S2.C2HF3O2/c1-2-38(35,36)33-7-5-19(6-8-33)26-17-32-27-24(26)13-21(14-25(27)28(30)34)20-10-18(11-22(29)12-20)15-31-16-23-4-3-9-37-23;3-2(4,5)1(6)7/h3-4,9-14,17,19,31-32H,2,5-8,15-16H2,1H3,(H2,30,34);(H,6,7). The first kappa shape index (κ1) is 34.1. The van der Waals surface area contributed by atoms with E-state index in [1.54, 1.807) is 28.6 Å². The number of hydrogen-bond acceptors (Lipinski definition) is 6. The van der Waals surface area contributed by atoms with Crippen molar-refractivity contribution in [2.75, 3.05) is 18.8 Å². The highest BCUT2D eigenvalue weighted by Gasteiger charge is 2.38. The molecule has 0 spiro atoms. The van der Waals surface area contributed by atoms with Crippen LogP contribution in [0.25, 0.3) is 22.0 Å². The Kier molecular flexibility index (Phi) is 10.7. The van der Waals surface area contributed by atoms with Crippen molar-refractivity contribution in [3.8, 4) is 11.1 Å². The summed E-state index contributed by atoms with van der Waals surface area (Å²) in [4.78, 5) is 25.7. The van der Waals surface area contributed by atoms with E-state index in [0.717, 1.165) is 16.5 Å². The molecule has 1 amide bonds. The highest BCUT2D eigenvalue weighted by Crippen LogP contribution is 2.37. The molecular weight excluding hydrogens is 636 g/mol. The lowest BCUT2D eigenvalue weighted by Gasteiger charge is -2.31. The Bertz CT molecular complexity index is 1760. The molecule has 1 aliphatic rings. The molecule has 4 aromatic rings. The molecule has 1 saturated heterocycles. The minimum atomic E-state index is -5.08. The first-order valence-electron chi connectivity index (χ1n) is 13.9. The third-order valence-corrected chi connectivity index (χ3v) is 10.2. The summed E-state index contributed by atoms with van der Waals surface area (Å²) >= 11 is 1.67. The van der Waals surface area contributed by atoms with Crippen molar-refractivity contribution in [2.45, 2.75) is 44.9 Å². The lowest BCUT2D eigenvalue weighted by molar-refractivity contribution is -0.192. The number of aromatic amines is 1. The monoisotopic (exact) mass is 668 g/mol. The number of amides is 1. The van der Waals surface area contributed by atoms with E-state index in [-0.39, 0.29) is 17.5 Å². The zero-order valence-corrected chi connectivity index (χ0v) is 25.8. The van der Waals surface area contributed by atoms with Gasteiger partial charge in [0.15, 0.2) is 0 Å². The van der Waals surface area contributed by atoms with Crippen LogP contribution in [0.2, 0.25) is 0 Å². The molecular formula is C30H32F4N4O5S2. The maximum absolute atomic E-state index is 14.7. The van der Waals surface area contributed by atoms with Gasteiger partial charge >= 0.3 is 12.1 Å². The van der Waals surface area contributed by atoms with Crippen LogP contribution in [0.3, 0.4) is 0 Å². The number of aliphatic carboxylic acids is 1. The summed E-state index contributed by atoms with van der Waals surface area (Å²) in [5.41, 5.74) is 9.94. The highest BCUT2D eigenvalue weighted by atomic mass is 32.2. The number of primary amides is 1. The zero-order chi connectivity index (χ0) is 32.9. The smallest absolute Gasteiger partial charge is 0.475 e. The predicted molar refractivity (Wildman–Crippen MR) is 164 cm³/mol. The normalized spacial score (nSPS) is 14.7. The van der Waals surface area contributed by atoms with Crippen molar-refractivity contribution < 1.29 is 40.7 Å². The van der Waals surface area contributed by atoms with Crippen molar-refractivity contribution >= 4 is 44.1 Å². The quantitative estimate of drug-likeness (QED) is 0.171. The number of thiophene rings is 1. The molecule has 5 rings (SSSR count). The highest BCUT2D eigenvalue weighted by molar-refractivity contribution is 7.89. The maximum atomic E-state index is 14.7. The number of rotatable bonds is 9. The average molecular weight is 669 g/mol. The number of fused-ring (bicyclic) bond motifs is 1. The van der Waals surface area contributed by atoms with E-state index in [9.17, 15) is 30.8 Å². The van der Waals surface area contributed by atoms with Crippen LogP contribution in [0.5, 0.6) is 0 Å². The van der Waals surface area contributed by atoms with Gasteiger partial charge in [-0.05, 0) is 89.7 Å². The molecule has 0 bridgehead atoms. The van der Waals surface area contributed by atoms with Crippen molar-refractivity contribution in [1.82, 2.24) is 14.6 Å². The van der Waals surface area contributed by atoms with Gasteiger partial charge in [0.1, 0.15) is 5.82 Å². The summed E-state index contributed by atoms with van der Waals surface area (Å²) in [5.74, 6) is -3.45. The van der Waals surface area contributed by atoms with Crippen LogP contribution in [0.4, 0.5) is 17.6 Å². The third-order valence-electron chi connectivity index (χ3n) is 7.48. The van der Waals surface area contributed by atoms with Gasteiger partial charge in [-0.3, -0.25) is 4.79 Å². The molecule has 3 heterocycles. The second kappa shape index (κ2) is 14.1. The Hall–Kier alpha value is -3.79. The van der Waals surface area contributed by atoms with Gasteiger partial charge in [-0.15, -0.1) is 11.3 Å². The molecule has 2 aromatic carbocycles. The topological polar surface area (TPSA) is 146 Å². The summed E-state index contributed by atoms with van der Waals surface area (Å²) in [6.07, 6.45) is -1.83. The summed E-state index contributed by atoms with van der Waals surface area (Å²) in [7, 11) is -3.22. The number of piperidine rings is 1. The number of aromatic nitrogens is 1. The van der Waals surface area contributed by atoms with Crippen molar-refractivity contribution in [3.63, 3.8) is 0 Å². The molecule has 45 heavy (non-hydrogen) atoms. The van der Waals surface area contributed by atoms with Gasteiger partial charge in [-0.25, -0.2) is 21.9 Å². The van der Waals surface area contributed by atoms with Crippen LogP contribution in [0.1, 0.15) is 52.0 Å². The molecule has 0 atom stereocenters. The number of benzene rings is 2. The average Bonchev–Trinajstić information content (AvgIpc) is 3.66. The molecule has 5 N–H and O–H groups in total. The fraction of sp³-hybridized carbons (Fsp3) is 0.333. The second-order valence-electron chi connectivity index (χ2n) is 10.5. The molecule has 2 aromatic heterocycles. The summed E-state index contributed by atoms with van der Waals surface area (Å²) in [6.45, 7) is 3.78. The molecule has 9 nitrogen and oxygen atoms in total. The number of H-pyrrole nitrogens is 1. The van der Waals surface area contributed by atoms with Gasteiger partial charge in [0.05, 0.1) is 16.8 Å². The SMILES string of the molecule is CCS(=O)(=O)N1CCC(c2c[nH]c3c(C(N)=O)cc(-c4cc(F)cc(CNCc5cccs5)c4)cc23)CC1.O=C(O)C(F)(F)F. The summed E-state index contributed by atoms with van der Waals surface area (Å²) in [5, 5.41) is 13.4. The largest absolute Gasteiger partial charge is 0.490 e. The van der Waals surface area contributed by atoms with E-state index in [1.165, 1.54) is 17.0 Å². The molecule has 1 fully saturated rings. The van der Waals surface area contributed by atoms with Crippen LogP contribution in [0.15, 0.2) is 54.0 Å². The van der Waals surface area contributed by atoms with Crippen molar-refractivity contribution in [2.24, 2.45) is 5.73 Å². The second-order valence-corrected chi connectivity index (χ2v) is 13.8. The van der Waals surface area contributed by atoms with Crippen LogP contribution >= 0.6 is 11.3 Å². The molecule has 0 saturated carbocycles. The number of carbonyl (C=O) groups excluding carboxylic acids is 1. The van der Waals surface area contributed by atoms with Crippen molar-refractivity contribution in [3.05, 3.63) is 81.4 Å². The molecule has 0 aliphatic carbocycles. The Morgan fingerprint density at radius 3 is 2.36 bits per heavy atom. The maximum Gasteiger partial charge on any atom is 0.490 e. The molecule has 0 unspecified atom stereocenters. The number of nitrogens with two attached hydrogens (primary N) is 1. The van der Waals surface area contributed by atoms with Crippen LogP contribution in [-0.2, 0) is 27.9 Å². The molecule has 0 radical (unpaired) electrons. The number of hydrogen-bond donors (Lipinski definition) is 4. The Morgan fingerprint density at radius 2 is 1.78 bits per heavy atom. The zero-order valence-electron chi connectivity index (χ0n) is 24.2. The first-order chi connectivity index (χ1) is 21.2. The number of halogens is 4. The number of carbonyl (C=O) groups is 2. The Labute approximate surface area is 261 Å². The van der Waals surface area contributed by atoms with E-state index in [2.05, 4.69) is 16.4 Å².